The highest BCUT2D eigenvalue weighted by Gasteiger charge is 2.38. The van der Waals surface area contributed by atoms with Crippen molar-refractivity contribution in [3.05, 3.63) is 63.1 Å². The van der Waals surface area contributed by atoms with E-state index in [2.05, 4.69) is 0 Å². The van der Waals surface area contributed by atoms with E-state index in [9.17, 15) is 32.9 Å². The van der Waals surface area contributed by atoms with E-state index in [-0.39, 0.29) is 34.2 Å². The second kappa shape index (κ2) is 10.6. The summed E-state index contributed by atoms with van der Waals surface area (Å²) in [6.07, 6.45) is -3.87. The molecule has 0 aliphatic rings. The molecule has 176 valence electrons. The standard InChI is InChI=1S/C16H13N3O7.C2HF3O2/c1-8(15(20)21)6-10-3-5-13(25-10)16(22)26-12-4-2-9(14(17)18)7-11(12)19(23)24;3-2(4,5)1(6)7/h2-7H,1H3,(H3,17,18)(H,20,21);(H,6,7)/b8-6+;. The van der Waals surface area contributed by atoms with E-state index in [0.717, 1.165) is 12.1 Å². The number of rotatable bonds is 6. The van der Waals surface area contributed by atoms with Gasteiger partial charge in [-0.25, -0.2) is 14.4 Å². The number of ether oxygens (including phenoxy) is 1. The van der Waals surface area contributed by atoms with Crippen molar-refractivity contribution in [2.75, 3.05) is 0 Å². The SMILES string of the molecule is C/C(=C\c1ccc(C(=O)Oc2ccc(C(=N)N)cc2[N+](=O)[O-])o1)C(=O)O.O=C(O)C(F)(F)F. The van der Waals surface area contributed by atoms with Crippen molar-refractivity contribution in [1.29, 1.82) is 5.41 Å². The number of aliphatic carboxylic acids is 2. The van der Waals surface area contributed by atoms with Gasteiger partial charge in [-0.05, 0) is 37.3 Å². The summed E-state index contributed by atoms with van der Waals surface area (Å²) in [5, 5.41) is 34.3. The summed E-state index contributed by atoms with van der Waals surface area (Å²) in [7, 11) is 0. The van der Waals surface area contributed by atoms with Gasteiger partial charge < -0.3 is 25.1 Å². The molecule has 0 aliphatic heterocycles. The smallest absolute Gasteiger partial charge is 0.478 e. The number of carbonyl (C=O) groups is 3. The number of hydrogen-bond donors (Lipinski definition) is 4. The summed E-state index contributed by atoms with van der Waals surface area (Å²) >= 11 is 0. The fourth-order valence-electron chi connectivity index (χ4n) is 1.88. The van der Waals surface area contributed by atoms with E-state index in [4.69, 9.17) is 35.3 Å². The third kappa shape index (κ3) is 7.82. The van der Waals surface area contributed by atoms with Crippen LogP contribution in [0, 0.1) is 15.5 Å². The monoisotopic (exact) mass is 473 g/mol. The number of benzene rings is 1. The van der Waals surface area contributed by atoms with Crippen molar-refractivity contribution in [3.63, 3.8) is 0 Å². The minimum atomic E-state index is -5.08. The molecule has 1 aromatic heterocycles. The first kappa shape index (κ1) is 26.3. The van der Waals surface area contributed by atoms with Crippen LogP contribution < -0.4 is 10.5 Å². The van der Waals surface area contributed by atoms with Gasteiger partial charge in [-0.3, -0.25) is 15.5 Å². The molecule has 1 aromatic carbocycles. The summed E-state index contributed by atoms with van der Waals surface area (Å²) in [5.74, 6) is -5.78. The molecular formula is C18H14F3N3O9. The third-order valence-electron chi connectivity index (χ3n) is 3.44. The van der Waals surface area contributed by atoms with Gasteiger partial charge in [-0.1, -0.05) is 0 Å². The maximum absolute atomic E-state index is 12.1. The lowest BCUT2D eigenvalue weighted by Gasteiger charge is -2.05. The van der Waals surface area contributed by atoms with Crippen LogP contribution in [-0.2, 0) is 9.59 Å². The second-order valence-corrected chi connectivity index (χ2v) is 5.88. The van der Waals surface area contributed by atoms with E-state index in [0.29, 0.717) is 0 Å². The van der Waals surface area contributed by atoms with E-state index < -0.39 is 34.7 Å². The maximum atomic E-state index is 12.1. The average Bonchev–Trinajstić information content (AvgIpc) is 3.16. The van der Waals surface area contributed by atoms with Gasteiger partial charge in [0.2, 0.25) is 11.5 Å². The quantitative estimate of drug-likeness (QED) is 0.0917. The molecule has 0 radical (unpaired) electrons. The molecule has 0 fully saturated rings. The van der Waals surface area contributed by atoms with Crippen LogP contribution in [0.5, 0.6) is 5.75 Å². The Hall–Kier alpha value is -4.69. The van der Waals surface area contributed by atoms with Gasteiger partial charge in [0.15, 0.2) is 0 Å². The number of hydrogen-bond acceptors (Lipinski definition) is 8. The molecule has 0 spiro atoms. The number of nitrogens with zero attached hydrogens (tertiary/aromatic N) is 1. The Morgan fingerprint density at radius 3 is 2.24 bits per heavy atom. The van der Waals surface area contributed by atoms with E-state index in [1.807, 2.05) is 0 Å². The first-order valence-electron chi connectivity index (χ1n) is 8.30. The lowest BCUT2D eigenvalue weighted by molar-refractivity contribution is -0.385. The van der Waals surface area contributed by atoms with Crippen molar-refractivity contribution >= 4 is 35.5 Å². The molecule has 0 atom stereocenters. The minimum Gasteiger partial charge on any atom is -0.478 e. The molecule has 2 aromatic rings. The Labute approximate surface area is 181 Å². The number of nitro benzene ring substituents is 1. The van der Waals surface area contributed by atoms with Crippen LogP contribution in [0.2, 0.25) is 0 Å². The van der Waals surface area contributed by atoms with E-state index in [1.165, 1.54) is 31.2 Å². The normalized spacial score (nSPS) is 11.1. The number of nitrogen functional groups attached to an aromatic ring is 1. The van der Waals surface area contributed by atoms with Crippen molar-refractivity contribution in [2.24, 2.45) is 5.73 Å². The van der Waals surface area contributed by atoms with Crippen molar-refractivity contribution in [1.82, 2.24) is 0 Å². The number of nitrogens with two attached hydrogens (primary N) is 1. The molecule has 33 heavy (non-hydrogen) atoms. The molecule has 2 rings (SSSR count). The molecule has 0 saturated heterocycles. The van der Waals surface area contributed by atoms with Gasteiger partial charge in [0, 0.05) is 17.2 Å². The Kier molecular flexibility index (Phi) is 8.43. The Morgan fingerprint density at radius 2 is 1.79 bits per heavy atom. The summed E-state index contributed by atoms with van der Waals surface area (Å²) < 4.78 is 41.9. The summed E-state index contributed by atoms with van der Waals surface area (Å²) in [6, 6.07) is 6.06. The maximum Gasteiger partial charge on any atom is 0.490 e. The van der Waals surface area contributed by atoms with E-state index >= 15 is 0 Å². The zero-order valence-electron chi connectivity index (χ0n) is 16.4. The molecule has 0 amide bonds. The Balaban J connectivity index is 0.000000675. The highest BCUT2D eigenvalue weighted by molar-refractivity contribution is 5.96. The molecule has 0 bridgehead atoms. The predicted octanol–water partition coefficient (Wildman–Crippen LogP) is 2.81. The van der Waals surface area contributed by atoms with Crippen molar-refractivity contribution in [3.8, 4) is 5.75 Å². The largest absolute Gasteiger partial charge is 0.490 e. The number of nitrogens with one attached hydrogen (secondary N) is 1. The molecular weight excluding hydrogens is 459 g/mol. The molecule has 1 heterocycles. The summed E-state index contributed by atoms with van der Waals surface area (Å²) in [4.78, 5) is 42.1. The first-order valence-corrected chi connectivity index (χ1v) is 8.30. The van der Waals surface area contributed by atoms with Crippen LogP contribution >= 0.6 is 0 Å². The first-order chi connectivity index (χ1) is 15.1. The number of furan rings is 1. The average molecular weight is 473 g/mol. The second-order valence-electron chi connectivity index (χ2n) is 5.88. The van der Waals surface area contributed by atoms with Crippen LogP contribution in [0.15, 0.2) is 40.3 Å². The number of halogens is 3. The highest BCUT2D eigenvalue weighted by atomic mass is 19.4. The van der Waals surface area contributed by atoms with Gasteiger partial charge in [-0.2, -0.15) is 13.2 Å². The van der Waals surface area contributed by atoms with Gasteiger partial charge in [0.05, 0.1) is 4.92 Å². The van der Waals surface area contributed by atoms with Crippen LogP contribution in [0.25, 0.3) is 6.08 Å². The van der Waals surface area contributed by atoms with Crippen molar-refractivity contribution < 1.29 is 51.8 Å². The number of carboxylic acids is 2. The summed E-state index contributed by atoms with van der Waals surface area (Å²) in [5.41, 5.74) is 4.84. The topological polar surface area (TPSA) is 207 Å². The molecule has 0 unspecified atom stereocenters. The fourth-order valence-corrected chi connectivity index (χ4v) is 1.88. The van der Waals surface area contributed by atoms with Crippen LogP contribution in [0.4, 0.5) is 18.9 Å². The zero-order valence-corrected chi connectivity index (χ0v) is 16.4. The highest BCUT2D eigenvalue weighted by Crippen LogP contribution is 2.29. The van der Waals surface area contributed by atoms with Crippen LogP contribution in [0.3, 0.4) is 0 Å². The number of carboxylic acid groups (broad SMARTS) is 2. The Morgan fingerprint density at radius 1 is 1.21 bits per heavy atom. The fraction of sp³-hybridized carbons (Fsp3) is 0.111. The molecule has 15 heteroatoms. The van der Waals surface area contributed by atoms with Gasteiger partial charge in [0.1, 0.15) is 11.6 Å². The van der Waals surface area contributed by atoms with Crippen LogP contribution in [0.1, 0.15) is 28.8 Å². The molecule has 5 N–H and O–H groups in total. The van der Waals surface area contributed by atoms with Gasteiger partial charge >= 0.3 is 29.8 Å². The molecule has 0 aliphatic carbocycles. The van der Waals surface area contributed by atoms with Gasteiger partial charge in [-0.15, -0.1) is 0 Å². The summed E-state index contributed by atoms with van der Waals surface area (Å²) in [6.45, 7) is 1.35. The third-order valence-corrected chi connectivity index (χ3v) is 3.44. The number of amidine groups is 1. The van der Waals surface area contributed by atoms with Gasteiger partial charge in [0.25, 0.3) is 0 Å². The number of carbonyl (C=O) groups excluding carboxylic acids is 1. The van der Waals surface area contributed by atoms with E-state index in [1.54, 1.807) is 0 Å². The number of nitro groups is 1. The molecule has 0 saturated carbocycles. The van der Waals surface area contributed by atoms with Crippen molar-refractivity contribution in [2.45, 2.75) is 13.1 Å². The number of esters is 1. The number of alkyl halides is 3. The Bertz CT molecular complexity index is 1140. The zero-order chi connectivity index (χ0) is 25.5. The lowest BCUT2D eigenvalue weighted by atomic mass is 10.1. The lowest BCUT2D eigenvalue weighted by Crippen LogP contribution is -2.21. The van der Waals surface area contributed by atoms with Crippen LogP contribution in [-0.4, -0.2) is 45.1 Å². The molecule has 12 nitrogen and oxygen atoms in total. The predicted molar refractivity (Wildman–Crippen MR) is 103 cm³/mol. The minimum absolute atomic E-state index is 0.00488.